The fourth-order valence-electron chi connectivity index (χ4n) is 2.24. The van der Waals surface area contributed by atoms with E-state index in [1.807, 2.05) is 12.1 Å². The molecule has 0 aromatic heterocycles. The van der Waals surface area contributed by atoms with E-state index in [9.17, 15) is 4.79 Å². The van der Waals surface area contributed by atoms with Crippen molar-refractivity contribution in [3.8, 4) is 35.1 Å². The Hall–Kier alpha value is -3.23. The Morgan fingerprint density at radius 3 is 2.21 bits per heavy atom. The highest BCUT2D eigenvalue weighted by molar-refractivity contribution is 9.10. The number of hydrogen-bond donors (Lipinski definition) is 0. The summed E-state index contributed by atoms with van der Waals surface area (Å²) >= 11 is 3.28. The largest absolute Gasteiger partial charge is 0.490 e. The van der Waals surface area contributed by atoms with Crippen molar-refractivity contribution in [2.24, 2.45) is 0 Å². The Morgan fingerprint density at radius 1 is 0.929 bits per heavy atom. The Bertz CT molecular complexity index is 947. The molecule has 2 aromatic carbocycles. The molecule has 2 aromatic rings. The molecule has 0 saturated heterocycles. The van der Waals surface area contributed by atoms with E-state index in [4.69, 9.17) is 29.5 Å². The molecule has 0 radical (unpaired) electrons. The standard InChI is InChI=1S/C20H17BrN2O5/c1-3-25-17-8-13(10-22)5-6-16(17)27-12-19(24)28-20-15(21)7-14(11-23)9-18(20)26-4-2/h5-9H,3-4,12H2,1-2H3. The molecule has 144 valence electrons. The van der Waals surface area contributed by atoms with Gasteiger partial charge >= 0.3 is 5.97 Å². The van der Waals surface area contributed by atoms with E-state index in [-0.39, 0.29) is 18.1 Å². The van der Waals surface area contributed by atoms with E-state index in [1.54, 1.807) is 26.0 Å². The third-order valence-corrected chi connectivity index (χ3v) is 3.96. The summed E-state index contributed by atoms with van der Waals surface area (Å²) in [7, 11) is 0. The maximum Gasteiger partial charge on any atom is 0.349 e. The molecule has 0 aliphatic rings. The number of ether oxygens (including phenoxy) is 4. The Balaban J connectivity index is 2.14. The second-order valence-electron chi connectivity index (χ2n) is 5.30. The van der Waals surface area contributed by atoms with Crippen molar-refractivity contribution in [3.05, 3.63) is 45.9 Å². The molecule has 0 unspecified atom stereocenters. The molecule has 8 heteroatoms. The van der Waals surface area contributed by atoms with E-state index in [0.717, 1.165) is 0 Å². The zero-order valence-corrected chi connectivity index (χ0v) is 16.9. The van der Waals surface area contributed by atoms with Crippen molar-refractivity contribution in [2.75, 3.05) is 19.8 Å². The van der Waals surface area contributed by atoms with Crippen LogP contribution >= 0.6 is 15.9 Å². The second-order valence-corrected chi connectivity index (χ2v) is 6.15. The molecule has 0 N–H and O–H groups in total. The van der Waals surface area contributed by atoms with E-state index in [0.29, 0.717) is 40.3 Å². The summed E-state index contributed by atoms with van der Waals surface area (Å²) in [4.78, 5) is 12.3. The minimum Gasteiger partial charge on any atom is -0.490 e. The Morgan fingerprint density at radius 2 is 1.57 bits per heavy atom. The van der Waals surface area contributed by atoms with Crippen LogP contribution in [0.3, 0.4) is 0 Å². The maximum absolute atomic E-state index is 12.3. The average molecular weight is 445 g/mol. The fourth-order valence-corrected chi connectivity index (χ4v) is 2.76. The zero-order valence-electron chi connectivity index (χ0n) is 15.3. The second kappa shape index (κ2) is 10.2. The number of benzene rings is 2. The predicted molar refractivity (Wildman–Crippen MR) is 103 cm³/mol. The molecule has 0 spiro atoms. The molecule has 28 heavy (non-hydrogen) atoms. The highest BCUT2D eigenvalue weighted by Crippen LogP contribution is 2.37. The lowest BCUT2D eigenvalue weighted by atomic mass is 10.2. The molecule has 0 bridgehead atoms. The van der Waals surface area contributed by atoms with Gasteiger partial charge in [0.25, 0.3) is 0 Å². The average Bonchev–Trinajstić information content (AvgIpc) is 2.69. The van der Waals surface area contributed by atoms with Crippen molar-refractivity contribution < 1.29 is 23.7 Å². The number of nitrogens with zero attached hydrogens (tertiary/aromatic N) is 2. The van der Waals surface area contributed by atoms with Gasteiger partial charge in [0.05, 0.1) is 41.0 Å². The maximum atomic E-state index is 12.3. The van der Waals surface area contributed by atoms with E-state index in [1.165, 1.54) is 18.2 Å². The molecule has 0 atom stereocenters. The monoisotopic (exact) mass is 444 g/mol. The van der Waals surface area contributed by atoms with Crippen LogP contribution in [0, 0.1) is 22.7 Å². The van der Waals surface area contributed by atoms with Crippen LogP contribution in [0.2, 0.25) is 0 Å². The minimum absolute atomic E-state index is 0.166. The van der Waals surface area contributed by atoms with Gasteiger partial charge in [-0.2, -0.15) is 10.5 Å². The summed E-state index contributed by atoms with van der Waals surface area (Å²) in [6, 6.07) is 11.7. The molecule has 0 saturated carbocycles. The lowest BCUT2D eigenvalue weighted by Crippen LogP contribution is -2.19. The first-order chi connectivity index (χ1) is 13.5. The van der Waals surface area contributed by atoms with Gasteiger partial charge < -0.3 is 18.9 Å². The summed E-state index contributed by atoms with van der Waals surface area (Å²) in [6.07, 6.45) is 0. The van der Waals surface area contributed by atoms with Crippen LogP contribution in [0.1, 0.15) is 25.0 Å². The topological polar surface area (TPSA) is 102 Å². The molecule has 0 fully saturated rings. The molecular formula is C20H17BrN2O5. The molecule has 0 aliphatic carbocycles. The first-order valence-corrected chi connectivity index (χ1v) is 9.18. The number of rotatable bonds is 8. The molecular weight excluding hydrogens is 428 g/mol. The van der Waals surface area contributed by atoms with Crippen LogP contribution in [-0.4, -0.2) is 25.8 Å². The molecule has 2 rings (SSSR count). The van der Waals surface area contributed by atoms with Crippen molar-refractivity contribution in [3.63, 3.8) is 0 Å². The fraction of sp³-hybridized carbons (Fsp3) is 0.250. The van der Waals surface area contributed by atoms with Crippen LogP contribution in [0.15, 0.2) is 34.8 Å². The zero-order chi connectivity index (χ0) is 20.5. The van der Waals surface area contributed by atoms with Gasteiger partial charge in [-0.25, -0.2) is 4.79 Å². The third kappa shape index (κ3) is 5.38. The summed E-state index contributed by atoms with van der Waals surface area (Å²) < 4.78 is 22.2. The third-order valence-electron chi connectivity index (χ3n) is 3.37. The van der Waals surface area contributed by atoms with Gasteiger partial charge in [0.15, 0.2) is 29.6 Å². The van der Waals surface area contributed by atoms with E-state index >= 15 is 0 Å². The summed E-state index contributed by atoms with van der Waals surface area (Å²) in [5.41, 5.74) is 0.784. The van der Waals surface area contributed by atoms with Crippen LogP contribution in [0.25, 0.3) is 0 Å². The number of halogens is 1. The van der Waals surface area contributed by atoms with Gasteiger partial charge in [0.1, 0.15) is 0 Å². The predicted octanol–water partition coefficient (Wildman–Crippen LogP) is 3.97. The van der Waals surface area contributed by atoms with E-state index in [2.05, 4.69) is 15.9 Å². The number of hydrogen-bond acceptors (Lipinski definition) is 7. The van der Waals surface area contributed by atoms with Gasteiger partial charge in [-0.1, -0.05) is 0 Å². The molecule has 0 heterocycles. The molecule has 0 aliphatic heterocycles. The number of esters is 1. The van der Waals surface area contributed by atoms with Crippen LogP contribution in [0.4, 0.5) is 0 Å². The van der Waals surface area contributed by atoms with Gasteiger partial charge in [-0.05, 0) is 48.0 Å². The summed E-state index contributed by atoms with van der Waals surface area (Å²) in [6.45, 7) is 3.91. The van der Waals surface area contributed by atoms with Gasteiger partial charge in [0, 0.05) is 12.1 Å². The molecule has 7 nitrogen and oxygen atoms in total. The van der Waals surface area contributed by atoms with Gasteiger partial charge in [0.2, 0.25) is 0 Å². The molecule has 0 amide bonds. The van der Waals surface area contributed by atoms with Gasteiger partial charge in [-0.3, -0.25) is 0 Å². The van der Waals surface area contributed by atoms with Crippen molar-refractivity contribution in [2.45, 2.75) is 13.8 Å². The number of nitriles is 2. The number of carbonyl (C=O) groups is 1. The van der Waals surface area contributed by atoms with Gasteiger partial charge in [-0.15, -0.1) is 0 Å². The van der Waals surface area contributed by atoms with Crippen LogP contribution in [0.5, 0.6) is 23.0 Å². The minimum atomic E-state index is -0.668. The highest BCUT2D eigenvalue weighted by Gasteiger charge is 2.17. The number of carbonyl (C=O) groups excluding carboxylic acids is 1. The first kappa shape index (κ1) is 21.1. The Labute approximate surface area is 171 Å². The van der Waals surface area contributed by atoms with Crippen LogP contribution < -0.4 is 18.9 Å². The van der Waals surface area contributed by atoms with E-state index < -0.39 is 5.97 Å². The lowest BCUT2D eigenvalue weighted by molar-refractivity contribution is -0.136. The smallest absolute Gasteiger partial charge is 0.349 e. The first-order valence-electron chi connectivity index (χ1n) is 8.39. The SMILES string of the molecule is CCOc1cc(C#N)ccc1OCC(=O)Oc1c(Br)cc(C#N)cc1OCC. The normalized spacial score (nSPS) is 9.75. The van der Waals surface area contributed by atoms with Crippen molar-refractivity contribution in [1.29, 1.82) is 10.5 Å². The Kier molecular flexibility index (Phi) is 7.67. The lowest BCUT2D eigenvalue weighted by Gasteiger charge is -2.14. The van der Waals surface area contributed by atoms with Crippen LogP contribution in [-0.2, 0) is 4.79 Å². The summed E-state index contributed by atoms with van der Waals surface area (Å²) in [5.74, 6) is 0.457. The quantitative estimate of drug-likeness (QED) is 0.448. The highest BCUT2D eigenvalue weighted by atomic mass is 79.9. The van der Waals surface area contributed by atoms with Crippen molar-refractivity contribution in [1.82, 2.24) is 0 Å². The van der Waals surface area contributed by atoms with Crippen molar-refractivity contribution >= 4 is 21.9 Å². The summed E-state index contributed by atoms with van der Waals surface area (Å²) in [5, 5.41) is 18.0.